The summed E-state index contributed by atoms with van der Waals surface area (Å²) >= 11 is 0. The molecule has 10 nitrogen and oxygen atoms in total. The molecule has 2 aromatic rings. The van der Waals surface area contributed by atoms with Crippen molar-refractivity contribution in [3.05, 3.63) is 46.3 Å². The molecule has 0 bridgehead atoms. The number of carboxylic acid groups (broad SMARTS) is 1. The van der Waals surface area contributed by atoms with Crippen molar-refractivity contribution in [3.8, 4) is 17.2 Å². The van der Waals surface area contributed by atoms with E-state index in [1.54, 1.807) is 25.3 Å². The van der Waals surface area contributed by atoms with Crippen LogP contribution in [0.3, 0.4) is 0 Å². The van der Waals surface area contributed by atoms with Crippen molar-refractivity contribution >= 4 is 40.3 Å². The highest BCUT2D eigenvalue weighted by Crippen LogP contribution is 2.43. The first-order valence-electron chi connectivity index (χ1n) is 13.5. The molecule has 2 aliphatic rings. The monoisotopic (exact) mass is 651 g/mol. The Morgan fingerprint density at radius 2 is 1.83 bits per heavy atom. The molecule has 2 aliphatic heterocycles. The molecule has 0 spiro atoms. The van der Waals surface area contributed by atoms with Gasteiger partial charge in [-0.05, 0) is 35.6 Å². The predicted molar refractivity (Wildman–Crippen MR) is 162 cm³/mol. The molecule has 12 heteroatoms. The normalized spacial score (nSPS) is 16.3. The van der Waals surface area contributed by atoms with Crippen LogP contribution in [-0.4, -0.2) is 81.8 Å². The van der Waals surface area contributed by atoms with Crippen molar-refractivity contribution in [1.82, 2.24) is 4.90 Å². The summed E-state index contributed by atoms with van der Waals surface area (Å²) in [6, 6.07) is 5.11. The smallest absolute Gasteiger partial charge is 0.341 e. The van der Waals surface area contributed by atoms with Gasteiger partial charge in [0.05, 0.1) is 38.6 Å². The zero-order valence-corrected chi connectivity index (χ0v) is 26.5. The molecule has 1 atom stereocenters. The van der Waals surface area contributed by atoms with Gasteiger partial charge in [-0.15, -0.1) is 17.0 Å². The number of carboxylic acids is 1. The van der Waals surface area contributed by atoms with Gasteiger partial charge in [-0.1, -0.05) is 20.8 Å². The highest BCUT2D eigenvalue weighted by atomic mass is 79.9. The predicted octanol–water partition coefficient (Wildman–Crippen LogP) is 4.68. The minimum Gasteiger partial charge on any atom is -0.493 e. The minimum atomic E-state index is -1.10. The number of aliphatic carboxylic acids is 1. The highest BCUT2D eigenvalue weighted by molar-refractivity contribution is 8.93. The number of carbonyl (C=O) groups is 2. The molecule has 0 saturated carbocycles. The van der Waals surface area contributed by atoms with E-state index < -0.39 is 23.8 Å². The van der Waals surface area contributed by atoms with E-state index in [-0.39, 0.29) is 64.7 Å². The average molecular weight is 653 g/mol. The van der Waals surface area contributed by atoms with Crippen LogP contribution in [0.1, 0.15) is 54.2 Å². The second-order valence-corrected chi connectivity index (χ2v) is 11.4. The van der Waals surface area contributed by atoms with E-state index in [9.17, 15) is 14.7 Å². The summed E-state index contributed by atoms with van der Waals surface area (Å²) in [6.45, 7) is 7.40. The molecule has 1 unspecified atom stereocenters. The van der Waals surface area contributed by atoms with Crippen LogP contribution in [0.2, 0.25) is 0 Å². The van der Waals surface area contributed by atoms with Gasteiger partial charge < -0.3 is 33.9 Å². The molecule has 2 N–H and O–H groups in total. The van der Waals surface area contributed by atoms with Crippen molar-refractivity contribution in [3.63, 3.8) is 0 Å². The molecule has 1 saturated heterocycles. The van der Waals surface area contributed by atoms with Crippen molar-refractivity contribution in [2.75, 3.05) is 59.1 Å². The Hall–Kier alpha value is -3.38. The summed E-state index contributed by atoms with van der Waals surface area (Å²) in [5.74, 6) is -1.29. The van der Waals surface area contributed by atoms with E-state index in [1.165, 1.54) is 19.1 Å². The molecule has 42 heavy (non-hydrogen) atoms. The fourth-order valence-corrected chi connectivity index (χ4v) is 5.50. The van der Waals surface area contributed by atoms with Gasteiger partial charge in [-0.25, -0.2) is 9.18 Å². The van der Waals surface area contributed by atoms with Gasteiger partial charge in [0, 0.05) is 43.8 Å². The summed E-state index contributed by atoms with van der Waals surface area (Å²) in [5.41, 5.74) is 1.91. The molecule has 0 amide bonds. The Kier molecular flexibility index (Phi) is 10.5. The number of nitrogens with one attached hydrogen (secondary N) is 1. The SMILES string of the molecule is Br.COCC1CCN(c2cc(C(=O)CN3Cc4cc(OC)c(OC)c(F)c4C3=N)cc(C(C)(C)C)c2OCC(=O)O)C1. The van der Waals surface area contributed by atoms with Gasteiger partial charge in [0.1, 0.15) is 11.6 Å². The van der Waals surface area contributed by atoms with E-state index in [0.717, 1.165) is 6.42 Å². The second-order valence-electron chi connectivity index (χ2n) is 11.4. The van der Waals surface area contributed by atoms with E-state index >= 15 is 4.39 Å². The zero-order chi connectivity index (χ0) is 30.1. The third-order valence-electron chi connectivity index (χ3n) is 7.51. The number of ketones is 1. The maximum atomic E-state index is 15.2. The number of methoxy groups -OCH3 is 3. The number of hydrogen-bond donors (Lipinski definition) is 2. The number of rotatable bonds is 11. The quantitative estimate of drug-likeness (QED) is 0.334. The number of ether oxygens (including phenoxy) is 4. The summed E-state index contributed by atoms with van der Waals surface area (Å²) in [6.07, 6.45) is 0.886. The Balaban J connectivity index is 0.00000484. The lowest BCUT2D eigenvalue weighted by Gasteiger charge is -2.29. The van der Waals surface area contributed by atoms with Crippen LogP contribution in [0.15, 0.2) is 18.2 Å². The maximum Gasteiger partial charge on any atom is 0.341 e. The van der Waals surface area contributed by atoms with Gasteiger partial charge in [-0.3, -0.25) is 10.2 Å². The molecule has 0 aromatic heterocycles. The van der Waals surface area contributed by atoms with E-state index in [1.807, 2.05) is 20.8 Å². The summed E-state index contributed by atoms with van der Waals surface area (Å²) in [4.78, 5) is 28.8. The first-order valence-corrected chi connectivity index (χ1v) is 13.5. The minimum absolute atomic E-state index is 0. The lowest BCUT2D eigenvalue weighted by Crippen LogP contribution is -2.31. The second kappa shape index (κ2) is 13.3. The summed E-state index contributed by atoms with van der Waals surface area (Å²) < 4.78 is 36.9. The standard InChI is InChI=1S/C30H38FN3O7.BrH/c1-30(2,3)20-9-18(10-21(27(20)41-16-24(36)37)33-8-7-17(12-33)15-38-4)22(35)14-34-13-19-11-23(39-5)28(40-6)26(31)25(19)29(34)32;/h9-11,17,32H,7-8,12-16H2,1-6H3,(H,36,37);1H. The third-order valence-corrected chi connectivity index (χ3v) is 7.51. The third kappa shape index (κ3) is 6.64. The van der Waals surface area contributed by atoms with E-state index in [2.05, 4.69) is 4.90 Å². The fraction of sp³-hybridized carbons (Fsp3) is 0.500. The lowest BCUT2D eigenvalue weighted by molar-refractivity contribution is -0.139. The number of benzene rings is 2. The molecule has 4 rings (SSSR count). The van der Waals surface area contributed by atoms with E-state index in [0.29, 0.717) is 47.8 Å². The van der Waals surface area contributed by atoms with Crippen LogP contribution in [0.4, 0.5) is 10.1 Å². The Bertz CT molecular complexity index is 1360. The van der Waals surface area contributed by atoms with Crippen LogP contribution in [-0.2, 0) is 21.5 Å². The van der Waals surface area contributed by atoms with Gasteiger partial charge in [0.15, 0.2) is 29.7 Å². The maximum absolute atomic E-state index is 15.2. The number of halogens is 2. The van der Waals surface area contributed by atoms with Crippen LogP contribution in [0, 0.1) is 17.1 Å². The van der Waals surface area contributed by atoms with Gasteiger partial charge in [0.2, 0.25) is 0 Å². The number of hydrogen-bond acceptors (Lipinski definition) is 8. The van der Waals surface area contributed by atoms with Crippen molar-refractivity contribution in [1.29, 1.82) is 5.41 Å². The van der Waals surface area contributed by atoms with Crippen LogP contribution in [0.5, 0.6) is 17.2 Å². The van der Waals surface area contributed by atoms with Gasteiger partial charge in [0.25, 0.3) is 0 Å². The number of carbonyl (C=O) groups excluding carboxylic acids is 1. The number of nitrogens with zero attached hydrogens (tertiary/aromatic N) is 2. The molecule has 2 aromatic carbocycles. The highest BCUT2D eigenvalue weighted by Gasteiger charge is 2.34. The molecule has 2 heterocycles. The number of anilines is 1. The van der Waals surface area contributed by atoms with Crippen molar-refractivity contribution in [2.45, 2.75) is 39.2 Å². The van der Waals surface area contributed by atoms with Crippen molar-refractivity contribution < 1.29 is 38.0 Å². The molecular weight excluding hydrogens is 613 g/mol. The Morgan fingerprint density at radius 1 is 1.12 bits per heavy atom. The first kappa shape index (κ1) is 33.1. The number of Topliss-reactive ketones (excluding diaryl/α,β-unsaturated/α-hetero) is 1. The topological polar surface area (TPSA) is 122 Å². The number of fused-ring (bicyclic) bond motifs is 1. The van der Waals surface area contributed by atoms with Gasteiger partial charge in [-0.2, -0.15) is 0 Å². The molecular formula is C30H39BrFN3O7. The van der Waals surface area contributed by atoms with E-state index in [4.69, 9.17) is 24.4 Å². The largest absolute Gasteiger partial charge is 0.493 e. The molecule has 1 fully saturated rings. The molecule has 0 aliphatic carbocycles. The lowest BCUT2D eigenvalue weighted by atomic mass is 9.84. The van der Waals surface area contributed by atoms with Crippen molar-refractivity contribution in [2.24, 2.45) is 5.92 Å². The van der Waals surface area contributed by atoms with Crippen LogP contribution < -0.4 is 19.1 Å². The zero-order valence-electron chi connectivity index (χ0n) is 24.8. The molecule has 0 radical (unpaired) electrons. The average Bonchev–Trinajstić information content (AvgIpc) is 3.50. The van der Waals surface area contributed by atoms with Gasteiger partial charge >= 0.3 is 5.97 Å². The Labute approximate surface area is 256 Å². The molecule has 230 valence electrons. The Morgan fingerprint density at radius 3 is 2.43 bits per heavy atom. The first-order chi connectivity index (χ1) is 19.4. The van der Waals surface area contributed by atoms with Crippen LogP contribution >= 0.6 is 17.0 Å². The number of amidine groups is 1. The van der Waals surface area contributed by atoms with Crippen LogP contribution in [0.25, 0.3) is 0 Å². The summed E-state index contributed by atoms with van der Waals surface area (Å²) in [7, 11) is 4.41. The fourth-order valence-electron chi connectivity index (χ4n) is 5.50. The summed E-state index contributed by atoms with van der Waals surface area (Å²) in [5, 5.41) is 18.0.